The Balaban J connectivity index is 1.40. The first-order valence-electron chi connectivity index (χ1n) is 8.80. The van der Waals surface area contributed by atoms with Gasteiger partial charge in [0.15, 0.2) is 11.5 Å². The van der Waals surface area contributed by atoms with E-state index in [1.54, 1.807) is 12.7 Å². The largest absolute Gasteiger partial charge is 0.353 e. The number of aryl methyl sites for hydroxylation is 2. The average Bonchev–Trinajstić information content (AvgIpc) is 3.29. The van der Waals surface area contributed by atoms with Crippen LogP contribution in [0, 0.1) is 6.92 Å². The molecule has 4 heterocycles. The molecule has 8 nitrogen and oxygen atoms in total. The highest BCUT2D eigenvalue weighted by Crippen LogP contribution is 2.30. The second-order valence-corrected chi connectivity index (χ2v) is 6.65. The summed E-state index contributed by atoms with van der Waals surface area (Å²) in [5.74, 6) is 2.97. The fourth-order valence-corrected chi connectivity index (χ4v) is 3.92. The van der Waals surface area contributed by atoms with Gasteiger partial charge in [0.1, 0.15) is 23.5 Å². The lowest BCUT2D eigenvalue weighted by molar-refractivity contribution is 0.638. The number of nitrogens with one attached hydrogen (secondary N) is 1. The summed E-state index contributed by atoms with van der Waals surface area (Å²) in [6.45, 7) is 5.67. The van der Waals surface area contributed by atoms with Crippen LogP contribution < -0.4 is 9.80 Å². The van der Waals surface area contributed by atoms with Gasteiger partial charge in [-0.3, -0.25) is 0 Å². The Kier molecular flexibility index (Phi) is 3.29. The molecule has 128 valence electrons. The first-order valence-corrected chi connectivity index (χ1v) is 8.80. The van der Waals surface area contributed by atoms with E-state index in [1.807, 2.05) is 6.92 Å². The number of nitrogens with zero attached hydrogens (tertiary/aromatic N) is 7. The summed E-state index contributed by atoms with van der Waals surface area (Å²) in [5.41, 5.74) is 4.24. The van der Waals surface area contributed by atoms with Gasteiger partial charge in [-0.1, -0.05) is 0 Å². The summed E-state index contributed by atoms with van der Waals surface area (Å²) in [5, 5.41) is 0. The Morgan fingerprint density at radius 2 is 1.72 bits per heavy atom. The van der Waals surface area contributed by atoms with Crippen LogP contribution in [0.5, 0.6) is 0 Å². The first-order chi connectivity index (χ1) is 12.3. The minimum Gasteiger partial charge on any atom is -0.353 e. The molecule has 1 fully saturated rings. The third kappa shape index (κ3) is 2.40. The van der Waals surface area contributed by atoms with Crippen molar-refractivity contribution in [3.05, 3.63) is 29.7 Å². The Labute approximate surface area is 145 Å². The van der Waals surface area contributed by atoms with Crippen LogP contribution in [0.15, 0.2) is 12.7 Å². The van der Waals surface area contributed by atoms with Crippen LogP contribution in [0.3, 0.4) is 0 Å². The number of hydrogen-bond donors (Lipinski definition) is 1. The lowest BCUT2D eigenvalue weighted by atomic mass is 10.2. The molecule has 1 aliphatic heterocycles. The minimum atomic E-state index is 0.719. The van der Waals surface area contributed by atoms with E-state index >= 15 is 0 Å². The van der Waals surface area contributed by atoms with Crippen molar-refractivity contribution in [2.24, 2.45) is 0 Å². The van der Waals surface area contributed by atoms with Gasteiger partial charge in [0.25, 0.3) is 0 Å². The van der Waals surface area contributed by atoms with Crippen LogP contribution in [-0.4, -0.2) is 56.1 Å². The molecule has 0 saturated carbocycles. The maximum absolute atomic E-state index is 4.76. The summed E-state index contributed by atoms with van der Waals surface area (Å²) in [6.07, 6.45) is 6.65. The van der Waals surface area contributed by atoms with Crippen LogP contribution in [-0.2, 0) is 12.8 Å². The van der Waals surface area contributed by atoms with E-state index in [0.29, 0.717) is 0 Å². The zero-order valence-corrected chi connectivity index (χ0v) is 14.2. The number of anilines is 2. The second kappa shape index (κ2) is 5.65. The fourth-order valence-electron chi connectivity index (χ4n) is 3.92. The molecule has 2 aliphatic rings. The van der Waals surface area contributed by atoms with Crippen LogP contribution in [0.1, 0.15) is 23.5 Å². The molecule has 0 bridgehead atoms. The summed E-state index contributed by atoms with van der Waals surface area (Å²) >= 11 is 0. The Hall–Kier alpha value is -2.77. The molecule has 1 aliphatic carbocycles. The van der Waals surface area contributed by atoms with Crippen molar-refractivity contribution in [2.75, 3.05) is 36.0 Å². The van der Waals surface area contributed by atoms with Crippen LogP contribution in [0.4, 0.5) is 11.6 Å². The summed E-state index contributed by atoms with van der Waals surface area (Å²) in [6, 6.07) is 0. The number of hydrogen-bond acceptors (Lipinski definition) is 7. The lowest BCUT2D eigenvalue weighted by Gasteiger charge is -2.36. The van der Waals surface area contributed by atoms with Crippen molar-refractivity contribution < 1.29 is 0 Å². The zero-order chi connectivity index (χ0) is 16.8. The third-order valence-corrected chi connectivity index (χ3v) is 5.10. The van der Waals surface area contributed by atoms with Crippen molar-refractivity contribution in [3.63, 3.8) is 0 Å². The predicted molar refractivity (Wildman–Crippen MR) is 94.9 cm³/mol. The maximum Gasteiger partial charge on any atom is 0.182 e. The molecular weight excluding hydrogens is 316 g/mol. The van der Waals surface area contributed by atoms with Crippen LogP contribution in [0.25, 0.3) is 11.2 Å². The van der Waals surface area contributed by atoms with Crippen molar-refractivity contribution >= 4 is 22.8 Å². The first kappa shape index (κ1) is 14.6. The second-order valence-electron chi connectivity index (χ2n) is 6.65. The third-order valence-electron chi connectivity index (χ3n) is 5.10. The standard InChI is InChI=1S/C17H20N8/c1-11-22-13-4-2-3-12(13)16(23-11)24-5-7-25(8-6-24)17-14-15(19-9-18-14)20-10-21-17/h9-10H,2-8H2,1H3,(H,18,19,20,21). The Bertz CT molecular complexity index is 926. The molecule has 8 heteroatoms. The normalized spacial score (nSPS) is 17.3. The highest BCUT2D eigenvalue weighted by molar-refractivity contribution is 5.82. The molecule has 0 atom stereocenters. The van der Waals surface area contributed by atoms with Crippen molar-refractivity contribution in [1.82, 2.24) is 29.9 Å². The van der Waals surface area contributed by atoms with Gasteiger partial charge >= 0.3 is 0 Å². The number of fused-ring (bicyclic) bond motifs is 2. The molecular formula is C17H20N8. The monoisotopic (exact) mass is 336 g/mol. The van der Waals surface area contributed by atoms with Crippen molar-refractivity contribution in [3.8, 4) is 0 Å². The number of aromatic nitrogens is 6. The topological polar surface area (TPSA) is 86.7 Å². The number of imidazole rings is 1. The van der Waals surface area contributed by atoms with Gasteiger partial charge in [0.2, 0.25) is 0 Å². The van der Waals surface area contributed by atoms with Gasteiger partial charge < -0.3 is 14.8 Å². The van der Waals surface area contributed by atoms with Crippen LogP contribution in [0.2, 0.25) is 0 Å². The maximum atomic E-state index is 4.76. The summed E-state index contributed by atoms with van der Waals surface area (Å²) < 4.78 is 0. The molecule has 3 aromatic rings. The van der Waals surface area contributed by atoms with E-state index in [9.17, 15) is 0 Å². The van der Waals surface area contributed by atoms with Gasteiger partial charge in [-0.15, -0.1) is 0 Å². The fraction of sp³-hybridized carbons (Fsp3) is 0.471. The van der Waals surface area contributed by atoms with E-state index in [1.165, 1.54) is 17.7 Å². The van der Waals surface area contributed by atoms with Gasteiger partial charge in [-0.2, -0.15) is 0 Å². The smallest absolute Gasteiger partial charge is 0.182 e. The molecule has 25 heavy (non-hydrogen) atoms. The van der Waals surface area contributed by atoms with E-state index in [0.717, 1.165) is 67.6 Å². The van der Waals surface area contributed by atoms with Gasteiger partial charge in [0.05, 0.1) is 6.33 Å². The van der Waals surface area contributed by atoms with E-state index in [2.05, 4.69) is 34.7 Å². The number of piperazine rings is 1. The highest BCUT2D eigenvalue weighted by Gasteiger charge is 2.26. The molecule has 0 aromatic carbocycles. The minimum absolute atomic E-state index is 0.719. The Morgan fingerprint density at radius 1 is 0.920 bits per heavy atom. The number of H-pyrrole nitrogens is 1. The molecule has 5 rings (SSSR count). The van der Waals surface area contributed by atoms with Crippen molar-refractivity contribution in [2.45, 2.75) is 26.2 Å². The highest BCUT2D eigenvalue weighted by atomic mass is 15.3. The molecule has 1 N–H and O–H groups in total. The molecule has 1 saturated heterocycles. The molecule has 0 spiro atoms. The van der Waals surface area contributed by atoms with E-state index in [4.69, 9.17) is 4.98 Å². The van der Waals surface area contributed by atoms with E-state index in [-0.39, 0.29) is 0 Å². The molecule has 3 aromatic heterocycles. The van der Waals surface area contributed by atoms with Gasteiger partial charge in [-0.25, -0.2) is 24.9 Å². The van der Waals surface area contributed by atoms with Gasteiger partial charge in [-0.05, 0) is 26.2 Å². The molecule has 0 radical (unpaired) electrons. The number of rotatable bonds is 2. The van der Waals surface area contributed by atoms with Gasteiger partial charge in [0, 0.05) is 37.4 Å². The quantitative estimate of drug-likeness (QED) is 0.754. The summed E-state index contributed by atoms with van der Waals surface area (Å²) in [7, 11) is 0. The van der Waals surface area contributed by atoms with E-state index < -0.39 is 0 Å². The average molecular weight is 336 g/mol. The lowest BCUT2D eigenvalue weighted by Crippen LogP contribution is -2.47. The zero-order valence-electron chi connectivity index (χ0n) is 14.2. The SMILES string of the molecule is Cc1nc2c(c(N3CCN(c4ncnc5nc[nH]c45)CC3)n1)CCC2. The summed E-state index contributed by atoms with van der Waals surface area (Å²) in [4.78, 5) is 30.1. The number of aromatic amines is 1. The van der Waals surface area contributed by atoms with Crippen molar-refractivity contribution in [1.29, 1.82) is 0 Å². The molecule has 0 amide bonds. The van der Waals surface area contributed by atoms with Crippen LogP contribution >= 0.6 is 0 Å². The Morgan fingerprint density at radius 3 is 2.56 bits per heavy atom. The predicted octanol–water partition coefficient (Wildman–Crippen LogP) is 1.27. The molecule has 0 unspecified atom stereocenters.